The van der Waals surface area contributed by atoms with Crippen molar-refractivity contribution in [3.8, 4) is 0 Å². The van der Waals surface area contributed by atoms with Crippen LogP contribution in [0.15, 0.2) is 30.3 Å². The maximum atomic E-state index is 11.2. The number of carbonyl (C=O) groups excluding carboxylic acids is 1. The molecule has 0 saturated carbocycles. The zero-order valence-corrected chi connectivity index (χ0v) is 11.0. The van der Waals surface area contributed by atoms with Gasteiger partial charge in [-0.15, -0.1) is 11.6 Å². The first-order chi connectivity index (χ1) is 8.24. The molecular formula is C14H20ClNO. The fourth-order valence-corrected chi connectivity index (χ4v) is 2.06. The van der Waals surface area contributed by atoms with Crippen LogP contribution in [0.2, 0.25) is 0 Å². The second-order valence-electron chi connectivity index (χ2n) is 4.20. The summed E-state index contributed by atoms with van der Waals surface area (Å²) in [6.45, 7) is 1.56. The summed E-state index contributed by atoms with van der Waals surface area (Å²) >= 11 is 5.65. The van der Waals surface area contributed by atoms with E-state index >= 15 is 0 Å². The molecule has 0 radical (unpaired) electrons. The van der Waals surface area contributed by atoms with E-state index in [0.29, 0.717) is 0 Å². The summed E-state index contributed by atoms with van der Waals surface area (Å²) in [5.41, 5.74) is 1.17. The predicted molar refractivity (Wildman–Crippen MR) is 72.2 cm³/mol. The SMILES string of the molecule is CC(=O)N[C@@H](CCCCCCl)c1ccccc1. The van der Waals surface area contributed by atoms with E-state index < -0.39 is 0 Å². The highest BCUT2D eigenvalue weighted by atomic mass is 35.5. The van der Waals surface area contributed by atoms with E-state index in [1.54, 1.807) is 6.92 Å². The molecule has 1 aromatic carbocycles. The molecule has 0 bridgehead atoms. The number of nitrogens with one attached hydrogen (secondary N) is 1. The molecule has 0 heterocycles. The normalized spacial score (nSPS) is 12.1. The molecule has 1 N–H and O–H groups in total. The zero-order chi connectivity index (χ0) is 12.5. The van der Waals surface area contributed by atoms with Crippen molar-refractivity contribution in [3.63, 3.8) is 0 Å². The summed E-state index contributed by atoms with van der Waals surface area (Å²) in [6, 6.07) is 10.2. The van der Waals surface area contributed by atoms with Gasteiger partial charge in [-0.1, -0.05) is 43.2 Å². The predicted octanol–water partition coefficient (Wildman–Crippen LogP) is 3.66. The molecule has 2 nitrogen and oxygen atoms in total. The number of benzene rings is 1. The molecule has 1 atom stereocenters. The Labute approximate surface area is 108 Å². The van der Waals surface area contributed by atoms with Crippen LogP contribution in [0.1, 0.15) is 44.2 Å². The first kappa shape index (κ1) is 14.0. The highest BCUT2D eigenvalue weighted by Gasteiger charge is 2.11. The Bertz CT molecular complexity index is 326. The fourth-order valence-electron chi connectivity index (χ4n) is 1.87. The van der Waals surface area contributed by atoms with Crippen LogP contribution in [-0.4, -0.2) is 11.8 Å². The van der Waals surface area contributed by atoms with Crippen molar-refractivity contribution >= 4 is 17.5 Å². The van der Waals surface area contributed by atoms with Crippen molar-refractivity contribution in [1.82, 2.24) is 5.32 Å². The van der Waals surface area contributed by atoms with Crippen LogP contribution in [0.5, 0.6) is 0 Å². The van der Waals surface area contributed by atoms with E-state index in [2.05, 4.69) is 17.4 Å². The first-order valence-electron chi connectivity index (χ1n) is 6.12. The van der Waals surface area contributed by atoms with Crippen LogP contribution in [0.4, 0.5) is 0 Å². The molecule has 0 spiro atoms. The van der Waals surface area contributed by atoms with Crippen LogP contribution in [0.25, 0.3) is 0 Å². The lowest BCUT2D eigenvalue weighted by Gasteiger charge is -2.18. The molecule has 0 fully saturated rings. The monoisotopic (exact) mass is 253 g/mol. The molecular weight excluding hydrogens is 234 g/mol. The third-order valence-corrected chi connectivity index (χ3v) is 2.97. The molecule has 0 saturated heterocycles. The summed E-state index contributed by atoms with van der Waals surface area (Å²) in [4.78, 5) is 11.2. The summed E-state index contributed by atoms with van der Waals surface area (Å²) < 4.78 is 0. The van der Waals surface area contributed by atoms with Crippen molar-refractivity contribution in [2.24, 2.45) is 0 Å². The van der Waals surface area contributed by atoms with Gasteiger partial charge in [0.25, 0.3) is 0 Å². The number of hydrogen-bond donors (Lipinski definition) is 1. The molecule has 0 aliphatic rings. The van der Waals surface area contributed by atoms with Gasteiger partial charge in [-0.25, -0.2) is 0 Å². The van der Waals surface area contributed by atoms with Gasteiger partial charge in [0.1, 0.15) is 0 Å². The maximum Gasteiger partial charge on any atom is 0.217 e. The number of carbonyl (C=O) groups is 1. The molecule has 1 aromatic rings. The first-order valence-corrected chi connectivity index (χ1v) is 6.65. The average Bonchev–Trinajstić information content (AvgIpc) is 2.34. The topological polar surface area (TPSA) is 29.1 Å². The van der Waals surface area contributed by atoms with Crippen LogP contribution >= 0.6 is 11.6 Å². The Morgan fingerprint density at radius 3 is 2.53 bits per heavy atom. The minimum absolute atomic E-state index is 0.0243. The fraction of sp³-hybridized carbons (Fsp3) is 0.500. The summed E-state index contributed by atoms with van der Waals surface area (Å²) in [5.74, 6) is 0.743. The van der Waals surface area contributed by atoms with Gasteiger partial charge in [-0.2, -0.15) is 0 Å². The van der Waals surface area contributed by atoms with E-state index in [9.17, 15) is 4.79 Å². The number of rotatable bonds is 7. The lowest BCUT2D eigenvalue weighted by atomic mass is 10.0. The summed E-state index contributed by atoms with van der Waals surface area (Å²) in [7, 11) is 0. The molecule has 1 rings (SSSR count). The highest BCUT2D eigenvalue weighted by molar-refractivity contribution is 6.17. The smallest absolute Gasteiger partial charge is 0.217 e. The standard InChI is InChI=1S/C14H20ClNO/c1-12(17)16-14(10-6-3-7-11-15)13-8-4-2-5-9-13/h2,4-5,8-9,14H,3,6-7,10-11H2,1H3,(H,16,17)/t14-/m0/s1. The van der Waals surface area contributed by atoms with Gasteiger partial charge in [0.2, 0.25) is 5.91 Å². The number of halogens is 1. The minimum Gasteiger partial charge on any atom is -0.350 e. The largest absolute Gasteiger partial charge is 0.350 e. The van der Waals surface area contributed by atoms with Crippen molar-refractivity contribution in [2.75, 3.05) is 5.88 Å². The van der Waals surface area contributed by atoms with E-state index in [1.807, 2.05) is 18.2 Å². The molecule has 0 aliphatic carbocycles. The third-order valence-electron chi connectivity index (χ3n) is 2.71. The minimum atomic E-state index is 0.0243. The van der Waals surface area contributed by atoms with Gasteiger partial charge < -0.3 is 5.32 Å². The Morgan fingerprint density at radius 2 is 1.94 bits per heavy atom. The molecule has 0 aromatic heterocycles. The lowest BCUT2D eigenvalue weighted by molar-refractivity contribution is -0.119. The third kappa shape index (κ3) is 5.73. The van der Waals surface area contributed by atoms with E-state index in [0.717, 1.165) is 31.6 Å². The van der Waals surface area contributed by atoms with Crippen LogP contribution < -0.4 is 5.32 Å². The summed E-state index contributed by atoms with van der Waals surface area (Å²) in [6.07, 6.45) is 4.22. The highest BCUT2D eigenvalue weighted by Crippen LogP contribution is 2.19. The zero-order valence-electron chi connectivity index (χ0n) is 10.3. The molecule has 0 unspecified atom stereocenters. The average molecular weight is 254 g/mol. The Balaban J connectivity index is 2.52. The van der Waals surface area contributed by atoms with Crippen molar-refractivity contribution in [2.45, 2.75) is 38.6 Å². The van der Waals surface area contributed by atoms with Gasteiger partial charge in [0.05, 0.1) is 6.04 Å². The van der Waals surface area contributed by atoms with Gasteiger partial charge >= 0.3 is 0 Å². The van der Waals surface area contributed by atoms with Gasteiger partial charge in [0, 0.05) is 12.8 Å². The lowest BCUT2D eigenvalue weighted by Crippen LogP contribution is -2.25. The van der Waals surface area contributed by atoms with Gasteiger partial charge in [-0.3, -0.25) is 4.79 Å². The van der Waals surface area contributed by atoms with Gasteiger partial charge in [0.15, 0.2) is 0 Å². The van der Waals surface area contributed by atoms with E-state index in [-0.39, 0.29) is 11.9 Å². The van der Waals surface area contributed by atoms with Gasteiger partial charge in [-0.05, 0) is 18.4 Å². The van der Waals surface area contributed by atoms with E-state index in [4.69, 9.17) is 11.6 Å². The molecule has 94 valence electrons. The quantitative estimate of drug-likeness (QED) is 0.583. The molecule has 17 heavy (non-hydrogen) atoms. The van der Waals surface area contributed by atoms with Crippen molar-refractivity contribution in [1.29, 1.82) is 0 Å². The van der Waals surface area contributed by atoms with Crippen molar-refractivity contribution < 1.29 is 4.79 Å². The molecule has 0 aliphatic heterocycles. The maximum absolute atomic E-state index is 11.2. The van der Waals surface area contributed by atoms with E-state index in [1.165, 1.54) is 5.56 Å². The number of amides is 1. The molecule has 3 heteroatoms. The Kier molecular flexibility index (Phi) is 6.71. The van der Waals surface area contributed by atoms with Crippen LogP contribution in [0.3, 0.4) is 0 Å². The Morgan fingerprint density at radius 1 is 1.24 bits per heavy atom. The van der Waals surface area contributed by atoms with Crippen molar-refractivity contribution in [3.05, 3.63) is 35.9 Å². The number of alkyl halides is 1. The number of unbranched alkanes of at least 4 members (excludes halogenated alkanes) is 2. The van der Waals surface area contributed by atoms with Crippen LogP contribution in [0, 0.1) is 0 Å². The second kappa shape index (κ2) is 8.13. The molecule has 1 amide bonds. The number of hydrogen-bond acceptors (Lipinski definition) is 1. The Hall–Kier alpha value is -1.02. The second-order valence-corrected chi connectivity index (χ2v) is 4.58. The van der Waals surface area contributed by atoms with Crippen LogP contribution in [-0.2, 0) is 4.79 Å². The summed E-state index contributed by atoms with van der Waals surface area (Å²) in [5, 5.41) is 3.00.